The monoisotopic (exact) mass is 354 g/mol. The van der Waals surface area contributed by atoms with Gasteiger partial charge in [0.1, 0.15) is 0 Å². The van der Waals surface area contributed by atoms with Crippen LogP contribution in [-0.4, -0.2) is 17.5 Å². The lowest BCUT2D eigenvalue weighted by molar-refractivity contribution is 0.0951. The second kappa shape index (κ2) is 8.10. The van der Waals surface area contributed by atoms with Crippen LogP contribution in [0.15, 0.2) is 54.7 Å². The highest BCUT2D eigenvalue weighted by Crippen LogP contribution is 2.22. The summed E-state index contributed by atoms with van der Waals surface area (Å²) in [5.41, 5.74) is 3.22. The summed E-state index contributed by atoms with van der Waals surface area (Å²) in [5, 5.41) is 4.32. The maximum absolute atomic E-state index is 12.7. The van der Waals surface area contributed by atoms with Gasteiger partial charge in [0.25, 0.3) is 5.91 Å². The number of aromatic nitrogens is 1. The Hall–Kier alpha value is -2.43. The van der Waals surface area contributed by atoms with Crippen molar-refractivity contribution in [3.05, 3.63) is 76.4 Å². The predicted octanol–water partition coefficient (Wildman–Crippen LogP) is 4.35. The quantitative estimate of drug-likeness (QED) is 0.715. The van der Waals surface area contributed by atoms with Gasteiger partial charge in [0.15, 0.2) is 0 Å². The second-order valence-electron chi connectivity index (χ2n) is 5.62. The van der Waals surface area contributed by atoms with Gasteiger partial charge in [-0.05, 0) is 36.2 Å². The van der Waals surface area contributed by atoms with E-state index in [2.05, 4.69) is 10.3 Å². The molecule has 0 saturated carbocycles. The zero-order chi connectivity index (χ0) is 17.6. The van der Waals surface area contributed by atoms with E-state index in [1.165, 1.54) is 0 Å². The third-order valence-electron chi connectivity index (χ3n) is 3.93. The van der Waals surface area contributed by atoms with E-state index < -0.39 is 0 Å². The number of carbonyl (C=O) groups excluding carboxylic acids is 1. The summed E-state index contributed by atoms with van der Waals surface area (Å²) >= 11 is 6.14. The molecule has 0 spiro atoms. The van der Waals surface area contributed by atoms with Crippen molar-refractivity contribution in [2.45, 2.75) is 20.1 Å². The molecule has 3 rings (SSSR count). The van der Waals surface area contributed by atoms with Gasteiger partial charge in [-0.3, -0.25) is 9.78 Å². The first-order valence-electron chi connectivity index (χ1n) is 8.16. The number of hydrogen-bond acceptors (Lipinski definition) is 3. The minimum Gasteiger partial charge on any atom is -0.377 e. The van der Waals surface area contributed by atoms with Crippen LogP contribution in [0.25, 0.3) is 10.9 Å². The highest BCUT2D eigenvalue weighted by atomic mass is 35.5. The van der Waals surface area contributed by atoms with Crippen molar-refractivity contribution in [1.82, 2.24) is 10.3 Å². The van der Waals surface area contributed by atoms with Crippen molar-refractivity contribution in [2.75, 3.05) is 6.61 Å². The molecular formula is C20H19ClN2O2. The van der Waals surface area contributed by atoms with Crippen LogP contribution in [0, 0.1) is 0 Å². The number of hydrogen-bond donors (Lipinski definition) is 1. The summed E-state index contributed by atoms with van der Waals surface area (Å²) in [5.74, 6) is -0.197. The summed E-state index contributed by atoms with van der Waals surface area (Å²) in [6, 6.07) is 15.1. The second-order valence-corrected chi connectivity index (χ2v) is 6.05. The van der Waals surface area contributed by atoms with E-state index in [0.717, 1.165) is 16.5 Å². The standard InChI is InChI=1S/C20H19ClN2O2/c1-2-25-13-16-7-4-3-6-15(16)12-23-20(24)18-11-17(21)10-14-8-5-9-22-19(14)18/h3-11H,2,12-13H2,1H3,(H,23,24). The molecule has 3 aromatic rings. The maximum Gasteiger partial charge on any atom is 0.253 e. The molecule has 2 aromatic carbocycles. The lowest BCUT2D eigenvalue weighted by atomic mass is 10.1. The van der Waals surface area contributed by atoms with Gasteiger partial charge in [0, 0.05) is 29.8 Å². The Morgan fingerprint density at radius 3 is 2.76 bits per heavy atom. The van der Waals surface area contributed by atoms with Crippen LogP contribution >= 0.6 is 11.6 Å². The minimum absolute atomic E-state index is 0.197. The first-order chi connectivity index (χ1) is 12.2. The first kappa shape index (κ1) is 17.4. The molecule has 1 aromatic heterocycles. The Morgan fingerprint density at radius 2 is 1.96 bits per heavy atom. The third kappa shape index (κ3) is 4.16. The lowest BCUT2D eigenvalue weighted by Gasteiger charge is -2.12. The molecule has 0 bridgehead atoms. The average Bonchev–Trinajstić information content (AvgIpc) is 2.64. The van der Waals surface area contributed by atoms with Crippen molar-refractivity contribution in [1.29, 1.82) is 0 Å². The normalized spacial score (nSPS) is 10.8. The minimum atomic E-state index is -0.197. The van der Waals surface area contributed by atoms with Gasteiger partial charge < -0.3 is 10.1 Å². The Kier molecular flexibility index (Phi) is 5.64. The van der Waals surface area contributed by atoms with Crippen molar-refractivity contribution in [2.24, 2.45) is 0 Å². The number of halogens is 1. The van der Waals surface area contributed by atoms with Crippen LogP contribution in [0.3, 0.4) is 0 Å². The Morgan fingerprint density at radius 1 is 1.16 bits per heavy atom. The van der Waals surface area contributed by atoms with Gasteiger partial charge in [-0.15, -0.1) is 0 Å². The van der Waals surface area contributed by atoms with Crippen molar-refractivity contribution in [3.8, 4) is 0 Å². The number of nitrogens with one attached hydrogen (secondary N) is 1. The zero-order valence-corrected chi connectivity index (χ0v) is 14.7. The molecule has 1 amide bonds. The van der Waals surface area contributed by atoms with Crippen LogP contribution < -0.4 is 5.32 Å². The number of rotatable bonds is 6. The first-order valence-corrected chi connectivity index (χ1v) is 8.54. The molecule has 0 unspecified atom stereocenters. The van der Waals surface area contributed by atoms with E-state index in [0.29, 0.717) is 35.9 Å². The van der Waals surface area contributed by atoms with Gasteiger partial charge in [0.2, 0.25) is 0 Å². The van der Waals surface area contributed by atoms with E-state index in [9.17, 15) is 4.79 Å². The molecule has 0 radical (unpaired) electrons. The SMILES string of the molecule is CCOCc1ccccc1CNC(=O)c1cc(Cl)cc2cccnc12. The van der Waals surface area contributed by atoms with E-state index in [-0.39, 0.29) is 5.91 Å². The van der Waals surface area contributed by atoms with Gasteiger partial charge >= 0.3 is 0 Å². The highest BCUT2D eigenvalue weighted by molar-refractivity contribution is 6.32. The third-order valence-corrected chi connectivity index (χ3v) is 4.15. The molecule has 4 nitrogen and oxygen atoms in total. The summed E-state index contributed by atoms with van der Waals surface area (Å²) < 4.78 is 5.48. The summed E-state index contributed by atoms with van der Waals surface area (Å²) in [4.78, 5) is 17.0. The fourth-order valence-electron chi connectivity index (χ4n) is 2.68. The van der Waals surface area contributed by atoms with Gasteiger partial charge in [0.05, 0.1) is 17.7 Å². The average molecular weight is 355 g/mol. The molecule has 1 N–H and O–H groups in total. The molecule has 25 heavy (non-hydrogen) atoms. The molecule has 128 valence electrons. The molecule has 1 heterocycles. The Balaban J connectivity index is 1.80. The molecular weight excluding hydrogens is 336 g/mol. The maximum atomic E-state index is 12.7. The molecule has 0 atom stereocenters. The lowest BCUT2D eigenvalue weighted by Crippen LogP contribution is -2.24. The molecule has 0 aliphatic rings. The fraction of sp³-hybridized carbons (Fsp3) is 0.200. The van der Waals surface area contributed by atoms with Crippen LogP contribution in [0.1, 0.15) is 28.4 Å². The zero-order valence-electron chi connectivity index (χ0n) is 14.0. The smallest absolute Gasteiger partial charge is 0.253 e. The van der Waals surface area contributed by atoms with Crippen LogP contribution in [0.5, 0.6) is 0 Å². The molecule has 0 saturated heterocycles. The van der Waals surface area contributed by atoms with Crippen LogP contribution in [0.2, 0.25) is 5.02 Å². The molecule has 0 aliphatic carbocycles. The summed E-state index contributed by atoms with van der Waals surface area (Å²) in [7, 11) is 0. The van der Waals surface area contributed by atoms with E-state index in [4.69, 9.17) is 16.3 Å². The molecule has 5 heteroatoms. The van der Waals surface area contributed by atoms with Crippen LogP contribution in [-0.2, 0) is 17.9 Å². The Labute approximate surface area is 151 Å². The number of fused-ring (bicyclic) bond motifs is 1. The van der Waals surface area contributed by atoms with Gasteiger partial charge in [-0.2, -0.15) is 0 Å². The van der Waals surface area contributed by atoms with E-state index in [1.807, 2.05) is 43.3 Å². The molecule has 0 aliphatic heterocycles. The topological polar surface area (TPSA) is 51.2 Å². The van der Waals surface area contributed by atoms with Crippen LogP contribution in [0.4, 0.5) is 0 Å². The largest absolute Gasteiger partial charge is 0.377 e. The van der Waals surface area contributed by atoms with Crippen molar-refractivity contribution >= 4 is 28.4 Å². The fourth-order valence-corrected chi connectivity index (χ4v) is 2.91. The molecule has 0 fully saturated rings. The number of pyridine rings is 1. The number of ether oxygens (including phenoxy) is 1. The van der Waals surface area contributed by atoms with E-state index >= 15 is 0 Å². The number of benzene rings is 2. The van der Waals surface area contributed by atoms with Crippen molar-refractivity contribution in [3.63, 3.8) is 0 Å². The van der Waals surface area contributed by atoms with Gasteiger partial charge in [-0.1, -0.05) is 41.9 Å². The van der Waals surface area contributed by atoms with Gasteiger partial charge in [-0.25, -0.2) is 0 Å². The van der Waals surface area contributed by atoms with E-state index in [1.54, 1.807) is 18.3 Å². The Bertz CT molecular complexity index is 896. The summed E-state index contributed by atoms with van der Waals surface area (Å²) in [6.45, 7) is 3.57. The number of amides is 1. The number of carbonyl (C=O) groups is 1. The highest BCUT2D eigenvalue weighted by Gasteiger charge is 2.13. The predicted molar refractivity (Wildman–Crippen MR) is 99.7 cm³/mol. The van der Waals surface area contributed by atoms with Crippen molar-refractivity contribution < 1.29 is 9.53 Å². The summed E-state index contributed by atoms with van der Waals surface area (Å²) in [6.07, 6.45) is 1.67. The number of nitrogens with zero attached hydrogens (tertiary/aromatic N) is 1.